The second-order valence-electron chi connectivity index (χ2n) is 4.85. The van der Waals surface area contributed by atoms with Crippen LogP contribution in [0.2, 0.25) is 5.02 Å². The molecule has 21 heavy (non-hydrogen) atoms. The molecule has 0 amide bonds. The van der Waals surface area contributed by atoms with E-state index in [4.69, 9.17) is 22.1 Å². The molecule has 7 heteroatoms. The summed E-state index contributed by atoms with van der Waals surface area (Å²) in [5.41, 5.74) is 6.83. The van der Waals surface area contributed by atoms with Crippen molar-refractivity contribution in [1.82, 2.24) is 14.8 Å². The number of ether oxygens (including phenoxy) is 1. The zero-order valence-electron chi connectivity index (χ0n) is 11.8. The van der Waals surface area contributed by atoms with Gasteiger partial charge < -0.3 is 15.0 Å². The number of halogens is 1. The van der Waals surface area contributed by atoms with Gasteiger partial charge in [0.15, 0.2) is 5.16 Å². The maximum absolute atomic E-state index is 6.01. The maximum atomic E-state index is 6.01. The lowest BCUT2D eigenvalue weighted by atomic mass is 10.1. The average molecular weight is 325 g/mol. The van der Waals surface area contributed by atoms with Gasteiger partial charge >= 0.3 is 0 Å². The van der Waals surface area contributed by atoms with Gasteiger partial charge in [-0.05, 0) is 30.7 Å². The minimum atomic E-state index is 0.145. The van der Waals surface area contributed by atoms with Gasteiger partial charge in [-0.15, -0.1) is 10.2 Å². The van der Waals surface area contributed by atoms with Gasteiger partial charge in [0.2, 0.25) is 0 Å². The Morgan fingerprint density at radius 2 is 2.33 bits per heavy atom. The third kappa shape index (κ3) is 3.02. The molecule has 2 aromatic rings. The first-order valence-corrected chi connectivity index (χ1v) is 8.27. The molecule has 112 valence electrons. The fourth-order valence-corrected chi connectivity index (χ4v) is 3.65. The Balaban J connectivity index is 1.64. The van der Waals surface area contributed by atoms with Crippen LogP contribution in [-0.2, 0) is 19.5 Å². The highest BCUT2D eigenvalue weighted by atomic mass is 35.5. The average Bonchev–Trinajstić information content (AvgIpc) is 3.06. The molecular formula is C14H17ClN4OS. The molecule has 2 heterocycles. The highest BCUT2D eigenvalue weighted by molar-refractivity contribution is 7.99. The zero-order chi connectivity index (χ0) is 14.8. The Hall–Kier alpha value is -1.24. The molecule has 3 rings (SSSR count). The SMILES string of the molecule is CCn1c(CN)nnc1SCC1Cc2cc(Cl)ccc2O1. The van der Waals surface area contributed by atoms with Crippen molar-refractivity contribution in [2.75, 3.05) is 5.75 Å². The van der Waals surface area contributed by atoms with Crippen molar-refractivity contribution in [3.63, 3.8) is 0 Å². The van der Waals surface area contributed by atoms with Gasteiger partial charge in [-0.1, -0.05) is 23.4 Å². The van der Waals surface area contributed by atoms with Crippen molar-refractivity contribution in [3.05, 3.63) is 34.6 Å². The van der Waals surface area contributed by atoms with E-state index in [1.165, 1.54) is 5.56 Å². The molecule has 0 fully saturated rings. The van der Waals surface area contributed by atoms with Gasteiger partial charge in [0.1, 0.15) is 17.7 Å². The molecule has 0 spiro atoms. The molecular weight excluding hydrogens is 308 g/mol. The third-order valence-corrected chi connectivity index (χ3v) is 4.79. The minimum absolute atomic E-state index is 0.145. The van der Waals surface area contributed by atoms with Gasteiger partial charge in [0, 0.05) is 23.7 Å². The summed E-state index contributed by atoms with van der Waals surface area (Å²) in [6.45, 7) is 3.30. The van der Waals surface area contributed by atoms with Crippen LogP contribution in [0.15, 0.2) is 23.4 Å². The normalized spacial score (nSPS) is 16.8. The van der Waals surface area contributed by atoms with E-state index in [-0.39, 0.29) is 6.10 Å². The molecule has 1 aromatic heterocycles. The van der Waals surface area contributed by atoms with Crippen LogP contribution < -0.4 is 10.5 Å². The van der Waals surface area contributed by atoms with Gasteiger partial charge in [-0.2, -0.15) is 0 Å². The number of hydrogen-bond donors (Lipinski definition) is 1. The molecule has 1 aliphatic rings. The van der Waals surface area contributed by atoms with Crippen molar-refractivity contribution >= 4 is 23.4 Å². The molecule has 2 N–H and O–H groups in total. The summed E-state index contributed by atoms with van der Waals surface area (Å²) < 4.78 is 7.97. The monoisotopic (exact) mass is 324 g/mol. The van der Waals surface area contributed by atoms with E-state index in [1.807, 2.05) is 22.8 Å². The van der Waals surface area contributed by atoms with E-state index < -0.39 is 0 Å². The Morgan fingerprint density at radius 3 is 3.10 bits per heavy atom. The molecule has 0 radical (unpaired) electrons. The Labute approximate surface area is 132 Å². The first-order chi connectivity index (χ1) is 10.2. The van der Waals surface area contributed by atoms with Crippen molar-refractivity contribution in [2.45, 2.75) is 37.7 Å². The minimum Gasteiger partial charge on any atom is -0.489 e. The number of nitrogens with two attached hydrogens (primary N) is 1. The van der Waals surface area contributed by atoms with E-state index in [0.717, 1.165) is 40.5 Å². The summed E-state index contributed by atoms with van der Waals surface area (Å²) in [5, 5.41) is 9.96. The molecule has 5 nitrogen and oxygen atoms in total. The standard InChI is InChI=1S/C14H17ClN4OS/c1-2-19-13(7-16)17-18-14(19)21-8-11-6-9-5-10(15)3-4-12(9)20-11/h3-5,11H,2,6-8,16H2,1H3. The molecule has 0 aliphatic carbocycles. The van der Waals surface area contributed by atoms with Crippen LogP contribution in [0.1, 0.15) is 18.3 Å². The summed E-state index contributed by atoms with van der Waals surface area (Å²) >= 11 is 7.66. The van der Waals surface area contributed by atoms with E-state index in [0.29, 0.717) is 6.54 Å². The highest BCUT2D eigenvalue weighted by Gasteiger charge is 2.24. The van der Waals surface area contributed by atoms with Crippen LogP contribution in [0.4, 0.5) is 0 Å². The second kappa shape index (κ2) is 6.25. The van der Waals surface area contributed by atoms with Crippen molar-refractivity contribution in [2.24, 2.45) is 5.73 Å². The first kappa shape index (κ1) is 14.7. The Morgan fingerprint density at radius 1 is 1.48 bits per heavy atom. The van der Waals surface area contributed by atoms with Gasteiger partial charge in [0.05, 0.1) is 6.54 Å². The second-order valence-corrected chi connectivity index (χ2v) is 6.28. The van der Waals surface area contributed by atoms with E-state index in [9.17, 15) is 0 Å². The van der Waals surface area contributed by atoms with Crippen molar-refractivity contribution in [1.29, 1.82) is 0 Å². The summed E-state index contributed by atoms with van der Waals surface area (Å²) in [5.74, 6) is 2.58. The quantitative estimate of drug-likeness (QED) is 0.856. The lowest BCUT2D eigenvalue weighted by Gasteiger charge is -2.10. The van der Waals surface area contributed by atoms with Crippen LogP contribution in [0.3, 0.4) is 0 Å². The molecule has 0 bridgehead atoms. The zero-order valence-corrected chi connectivity index (χ0v) is 13.3. The van der Waals surface area contributed by atoms with Crippen molar-refractivity contribution < 1.29 is 4.74 Å². The maximum Gasteiger partial charge on any atom is 0.191 e. The third-order valence-electron chi connectivity index (χ3n) is 3.45. The molecule has 1 atom stereocenters. The van der Waals surface area contributed by atoms with Gasteiger partial charge in [-0.25, -0.2) is 0 Å². The molecule has 1 unspecified atom stereocenters. The van der Waals surface area contributed by atoms with E-state index in [2.05, 4.69) is 17.1 Å². The van der Waals surface area contributed by atoms with Crippen LogP contribution in [-0.4, -0.2) is 26.6 Å². The van der Waals surface area contributed by atoms with Crippen molar-refractivity contribution in [3.8, 4) is 5.75 Å². The molecule has 0 saturated carbocycles. The van der Waals surface area contributed by atoms with Crippen LogP contribution in [0, 0.1) is 0 Å². The fraction of sp³-hybridized carbons (Fsp3) is 0.429. The summed E-state index contributed by atoms with van der Waals surface area (Å²) in [7, 11) is 0. The molecule has 1 aromatic carbocycles. The lowest BCUT2D eigenvalue weighted by Crippen LogP contribution is -2.16. The van der Waals surface area contributed by atoms with Crippen LogP contribution >= 0.6 is 23.4 Å². The van der Waals surface area contributed by atoms with Gasteiger partial charge in [0.25, 0.3) is 0 Å². The van der Waals surface area contributed by atoms with Gasteiger partial charge in [-0.3, -0.25) is 0 Å². The number of rotatable bonds is 5. The summed E-state index contributed by atoms with van der Waals surface area (Å²) in [6.07, 6.45) is 1.03. The van der Waals surface area contributed by atoms with Crippen LogP contribution in [0.5, 0.6) is 5.75 Å². The number of nitrogens with zero attached hydrogens (tertiary/aromatic N) is 3. The first-order valence-electron chi connectivity index (χ1n) is 6.91. The Bertz CT molecular complexity index is 646. The number of aromatic nitrogens is 3. The van der Waals surface area contributed by atoms with E-state index in [1.54, 1.807) is 11.8 Å². The van der Waals surface area contributed by atoms with E-state index >= 15 is 0 Å². The largest absolute Gasteiger partial charge is 0.489 e. The smallest absolute Gasteiger partial charge is 0.191 e. The molecule has 1 aliphatic heterocycles. The number of hydrogen-bond acceptors (Lipinski definition) is 5. The fourth-order valence-electron chi connectivity index (χ4n) is 2.44. The number of thioether (sulfide) groups is 1. The van der Waals surface area contributed by atoms with Crippen LogP contribution in [0.25, 0.3) is 0 Å². The Kier molecular flexibility index (Phi) is 4.37. The summed E-state index contributed by atoms with van der Waals surface area (Å²) in [6, 6.07) is 5.77. The predicted molar refractivity (Wildman–Crippen MR) is 83.9 cm³/mol. The number of fused-ring (bicyclic) bond motifs is 1. The predicted octanol–water partition coefficient (Wildman–Crippen LogP) is 2.51. The summed E-state index contributed by atoms with van der Waals surface area (Å²) in [4.78, 5) is 0. The lowest BCUT2D eigenvalue weighted by molar-refractivity contribution is 0.259. The topological polar surface area (TPSA) is 66.0 Å². The molecule has 0 saturated heterocycles. The highest BCUT2D eigenvalue weighted by Crippen LogP contribution is 2.33. The number of benzene rings is 1.